The zero-order valence-electron chi connectivity index (χ0n) is 19.3. The molecule has 0 bridgehead atoms. The smallest absolute Gasteiger partial charge is 0.444 e. The molecular formula is C23H26F4N4O3. The summed E-state index contributed by atoms with van der Waals surface area (Å²) in [5.41, 5.74) is 0.563. The van der Waals surface area contributed by atoms with E-state index in [1.165, 1.54) is 11.1 Å². The van der Waals surface area contributed by atoms with Crippen LogP contribution in [0.4, 0.5) is 22.4 Å². The molecule has 0 aromatic carbocycles. The number of aryl methyl sites for hydroxylation is 1. The molecule has 1 fully saturated rings. The predicted molar refractivity (Wildman–Crippen MR) is 114 cm³/mol. The van der Waals surface area contributed by atoms with Crippen molar-refractivity contribution in [1.29, 1.82) is 0 Å². The van der Waals surface area contributed by atoms with Crippen LogP contribution in [0.3, 0.4) is 0 Å². The van der Waals surface area contributed by atoms with Gasteiger partial charge in [0.25, 0.3) is 0 Å². The summed E-state index contributed by atoms with van der Waals surface area (Å²) in [5.74, 6) is -1.54. The Bertz CT molecular complexity index is 1040. The fourth-order valence-electron chi connectivity index (χ4n) is 3.71. The number of amides is 1. The lowest BCUT2D eigenvalue weighted by molar-refractivity contribution is -0.145. The van der Waals surface area contributed by atoms with Crippen molar-refractivity contribution in [3.05, 3.63) is 42.1 Å². The molecule has 3 heterocycles. The zero-order valence-corrected chi connectivity index (χ0v) is 19.3. The lowest BCUT2D eigenvalue weighted by Crippen LogP contribution is -2.47. The highest BCUT2D eigenvalue weighted by molar-refractivity contribution is 5.88. The molecule has 1 aliphatic rings. The van der Waals surface area contributed by atoms with Crippen molar-refractivity contribution in [2.24, 2.45) is 0 Å². The minimum absolute atomic E-state index is 0.0381. The van der Waals surface area contributed by atoms with E-state index in [1.807, 2.05) is 0 Å². The zero-order chi connectivity index (χ0) is 25.3. The predicted octanol–water partition coefficient (Wildman–Crippen LogP) is 4.80. The molecule has 1 saturated heterocycles. The van der Waals surface area contributed by atoms with Crippen LogP contribution in [0.1, 0.15) is 51.9 Å². The van der Waals surface area contributed by atoms with E-state index in [0.29, 0.717) is 16.8 Å². The number of carbonyl (C=O) groups excluding carboxylic acids is 2. The van der Waals surface area contributed by atoms with Gasteiger partial charge >= 0.3 is 12.3 Å². The van der Waals surface area contributed by atoms with Crippen LogP contribution >= 0.6 is 0 Å². The van der Waals surface area contributed by atoms with Gasteiger partial charge in [0, 0.05) is 37.0 Å². The van der Waals surface area contributed by atoms with Gasteiger partial charge in [-0.2, -0.15) is 13.2 Å². The minimum Gasteiger partial charge on any atom is -0.444 e. The van der Waals surface area contributed by atoms with Crippen molar-refractivity contribution in [2.75, 3.05) is 0 Å². The molecule has 0 aliphatic carbocycles. The number of halogens is 4. The summed E-state index contributed by atoms with van der Waals surface area (Å²) in [4.78, 5) is 37.5. The molecular weight excluding hydrogens is 456 g/mol. The molecule has 0 radical (unpaired) electrons. The Balaban J connectivity index is 1.69. The van der Waals surface area contributed by atoms with Gasteiger partial charge in [-0.05, 0) is 51.8 Å². The first-order valence-electron chi connectivity index (χ1n) is 10.8. The van der Waals surface area contributed by atoms with Crippen LogP contribution in [0.5, 0.6) is 0 Å². The standard InChI is InChI=1S/C23H26F4N4O3/c1-13-16(24)10-18(31(13)21(33)34-22(2,3)4)19(32)6-5-14-7-8-28-17(9-14)15-11-29-20(30-12-15)23(25,26)27/h7-9,11-13,16,18H,5-6,10H2,1-4H3/t13-,16+,18-/m0/s1. The van der Waals surface area contributed by atoms with Crippen LogP contribution in [0.2, 0.25) is 0 Å². The third-order valence-electron chi connectivity index (χ3n) is 5.41. The molecule has 2 aromatic heterocycles. The van der Waals surface area contributed by atoms with Gasteiger partial charge in [-0.3, -0.25) is 14.7 Å². The largest absolute Gasteiger partial charge is 0.451 e. The summed E-state index contributed by atoms with van der Waals surface area (Å²) in [6.45, 7) is 6.62. The molecule has 3 atom stereocenters. The van der Waals surface area contributed by atoms with Gasteiger partial charge in [0.2, 0.25) is 5.82 Å². The first-order chi connectivity index (χ1) is 15.8. The van der Waals surface area contributed by atoms with Gasteiger partial charge in [0.1, 0.15) is 11.8 Å². The molecule has 3 rings (SSSR count). The number of ketones is 1. The highest BCUT2D eigenvalue weighted by atomic mass is 19.4. The molecule has 7 nitrogen and oxygen atoms in total. The van der Waals surface area contributed by atoms with Gasteiger partial charge < -0.3 is 4.74 Å². The number of hydrogen-bond acceptors (Lipinski definition) is 6. The quantitative estimate of drug-likeness (QED) is 0.570. The second-order valence-electron chi connectivity index (χ2n) is 9.20. The van der Waals surface area contributed by atoms with E-state index in [-0.39, 0.29) is 25.0 Å². The van der Waals surface area contributed by atoms with Crippen molar-refractivity contribution < 1.29 is 31.9 Å². The Labute approximate surface area is 194 Å². The second kappa shape index (κ2) is 9.63. The van der Waals surface area contributed by atoms with Crippen LogP contribution in [-0.2, 0) is 22.1 Å². The molecule has 0 saturated carbocycles. The maximum Gasteiger partial charge on any atom is 0.451 e. The number of alkyl halides is 4. The summed E-state index contributed by atoms with van der Waals surface area (Å²) >= 11 is 0. The molecule has 1 aliphatic heterocycles. The van der Waals surface area contributed by atoms with E-state index in [1.54, 1.807) is 39.8 Å². The first-order valence-corrected chi connectivity index (χ1v) is 10.8. The van der Waals surface area contributed by atoms with Crippen molar-refractivity contribution in [3.8, 4) is 11.3 Å². The average molecular weight is 482 g/mol. The maximum atomic E-state index is 14.4. The van der Waals surface area contributed by atoms with Crippen LogP contribution < -0.4 is 0 Å². The van der Waals surface area contributed by atoms with E-state index in [2.05, 4.69) is 15.0 Å². The summed E-state index contributed by atoms with van der Waals surface area (Å²) < 4.78 is 57.7. The Morgan fingerprint density at radius 1 is 1.15 bits per heavy atom. The number of nitrogens with zero attached hydrogens (tertiary/aromatic N) is 4. The number of Topliss-reactive ketones (excluding diaryl/α,β-unsaturated/α-hetero) is 1. The summed E-state index contributed by atoms with van der Waals surface area (Å²) in [7, 11) is 0. The lowest BCUT2D eigenvalue weighted by atomic mass is 10.0. The van der Waals surface area contributed by atoms with Gasteiger partial charge in [0.15, 0.2) is 5.78 Å². The van der Waals surface area contributed by atoms with E-state index < -0.39 is 42.0 Å². The van der Waals surface area contributed by atoms with E-state index >= 15 is 0 Å². The molecule has 2 aromatic rings. The molecule has 0 N–H and O–H groups in total. The fourth-order valence-corrected chi connectivity index (χ4v) is 3.71. The summed E-state index contributed by atoms with van der Waals surface area (Å²) in [5, 5.41) is 0. The fraction of sp³-hybridized carbons (Fsp3) is 0.522. The number of ether oxygens (including phenoxy) is 1. The average Bonchev–Trinajstić information content (AvgIpc) is 3.05. The third-order valence-corrected chi connectivity index (χ3v) is 5.41. The molecule has 11 heteroatoms. The number of likely N-dealkylation sites (tertiary alicyclic amines) is 1. The Hall–Kier alpha value is -3.11. The van der Waals surface area contributed by atoms with Crippen LogP contribution in [0.25, 0.3) is 11.3 Å². The topological polar surface area (TPSA) is 85.3 Å². The number of hydrogen-bond donors (Lipinski definition) is 0. The molecule has 1 amide bonds. The third kappa shape index (κ3) is 6.06. The van der Waals surface area contributed by atoms with Crippen LogP contribution in [0, 0.1) is 0 Å². The number of aromatic nitrogens is 3. The second-order valence-corrected chi connectivity index (χ2v) is 9.20. The van der Waals surface area contributed by atoms with Crippen LogP contribution in [-0.4, -0.2) is 55.6 Å². The van der Waals surface area contributed by atoms with Gasteiger partial charge in [0.05, 0.1) is 17.8 Å². The number of carbonyl (C=O) groups is 2. The van der Waals surface area contributed by atoms with Crippen LogP contribution in [0.15, 0.2) is 30.7 Å². The summed E-state index contributed by atoms with van der Waals surface area (Å²) in [6, 6.07) is 1.59. The van der Waals surface area contributed by atoms with Crippen molar-refractivity contribution in [2.45, 2.75) is 77.0 Å². The van der Waals surface area contributed by atoms with Crippen molar-refractivity contribution in [3.63, 3.8) is 0 Å². The van der Waals surface area contributed by atoms with Crippen molar-refractivity contribution in [1.82, 2.24) is 19.9 Å². The monoisotopic (exact) mass is 482 g/mol. The van der Waals surface area contributed by atoms with Crippen molar-refractivity contribution >= 4 is 11.9 Å². The van der Waals surface area contributed by atoms with E-state index in [0.717, 1.165) is 12.4 Å². The first kappa shape index (κ1) is 25.5. The highest BCUT2D eigenvalue weighted by Gasteiger charge is 2.46. The maximum absolute atomic E-state index is 14.4. The van der Waals surface area contributed by atoms with E-state index in [9.17, 15) is 27.2 Å². The molecule has 34 heavy (non-hydrogen) atoms. The number of rotatable bonds is 5. The van der Waals surface area contributed by atoms with E-state index in [4.69, 9.17) is 4.74 Å². The van der Waals surface area contributed by atoms with Gasteiger partial charge in [-0.25, -0.2) is 19.2 Å². The number of pyridine rings is 1. The SMILES string of the molecule is C[C@H]1[C@H](F)C[C@@H](C(=O)CCc2ccnc(-c3cnc(C(F)(F)F)nc3)c2)N1C(=O)OC(C)(C)C. The van der Waals surface area contributed by atoms with Gasteiger partial charge in [-0.1, -0.05) is 0 Å². The highest BCUT2D eigenvalue weighted by Crippen LogP contribution is 2.31. The summed E-state index contributed by atoms with van der Waals surface area (Å²) in [6.07, 6.45) is -2.95. The Kier molecular flexibility index (Phi) is 7.23. The molecule has 0 spiro atoms. The Morgan fingerprint density at radius 2 is 1.79 bits per heavy atom. The molecule has 184 valence electrons. The Morgan fingerprint density at radius 3 is 2.38 bits per heavy atom. The molecule has 0 unspecified atom stereocenters. The van der Waals surface area contributed by atoms with Gasteiger partial charge in [-0.15, -0.1) is 0 Å². The normalized spacial score (nSPS) is 20.9. The minimum atomic E-state index is -4.64. The lowest BCUT2D eigenvalue weighted by Gasteiger charge is -2.30.